The van der Waals surface area contributed by atoms with E-state index in [9.17, 15) is 19.2 Å². The first-order valence-corrected chi connectivity index (χ1v) is 8.50. The monoisotopic (exact) mass is 387 g/mol. The zero-order chi connectivity index (χ0) is 20.5. The Kier molecular flexibility index (Phi) is 7.32. The van der Waals surface area contributed by atoms with Crippen LogP contribution in [0.1, 0.15) is 28.1 Å². The number of ether oxygens (including phenoxy) is 1. The average Bonchev–Trinajstić information content (AvgIpc) is 3.18. The Hall–Kier alpha value is -3.62. The average molecular weight is 387 g/mol. The zero-order valence-corrected chi connectivity index (χ0v) is 15.5. The van der Waals surface area contributed by atoms with Gasteiger partial charge in [-0.05, 0) is 49.2 Å². The molecule has 0 atom stereocenters. The Morgan fingerprint density at radius 3 is 2.54 bits per heavy atom. The standard InChI is InChI=1S/C19H21N3O6/c1-12-5-6-14(10-13(12)2)21-19(26)22-16(23)11-28-17(24)7-8-20-18(25)15-4-3-9-27-15/h3-6,9-10H,7-8,11H2,1-2H3,(H,20,25)(H2,21,22,23,26). The summed E-state index contributed by atoms with van der Waals surface area (Å²) in [7, 11) is 0. The normalized spacial score (nSPS) is 10.1. The van der Waals surface area contributed by atoms with Gasteiger partial charge < -0.3 is 19.8 Å². The van der Waals surface area contributed by atoms with Gasteiger partial charge in [-0.15, -0.1) is 0 Å². The van der Waals surface area contributed by atoms with Crippen molar-refractivity contribution in [3.63, 3.8) is 0 Å². The molecule has 0 aliphatic carbocycles. The third-order valence-electron chi connectivity index (χ3n) is 3.74. The number of aryl methyl sites for hydroxylation is 2. The van der Waals surface area contributed by atoms with Gasteiger partial charge in [0.05, 0.1) is 12.7 Å². The van der Waals surface area contributed by atoms with Gasteiger partial charge in [-0.2, -0.15) is 0 Å². The Morgan fingerprint density at radius 2 is 1.86 bits per heavy atom. The molecule has 0 saturated carbocycles. The maximum absolute atomic E-state index is 11.8. The number of anilines is 1. The number of hydrogen-bond donors (Lipinski definition) is 3. The molecule has 0 fully saturated rings. The Labute approximate surface area is 161 Å². The number of carbonyl (C=O) groups is 4. The number of nitrogens with one attached hydrogen (secondary N) is 3. The second-order valence-corrected chi connectivity index (χ2v) is 5.95. The largest absolute Gasteiger partial charge is 0.459 e. The van der Waals surface area contributed by atoms with E-state index < -0.39 is 30.4 Å². The maximum atomic E-state index is 11.8. The van der Waals surface area contributed by atoms with Crippen LogP contribution < -0.4 is 16.0 Å². The lowest BCUT2D eigenvalue weighted by atomic mass is 10.1. The van der Waals surface area contributed by atoms with Crippen LogP contribution in [0.4, 0.5) is 10.5 Å². The molecule has 148 valence electrons. The number of furan rings is 1. The molecule has 0 aliphatic rings. The van der Waals surface area contributed by atoms with Gasteiger partial charge in [0.2, 0.25) is 0 Å². The molecule has 2 aromatic rings. The smallest absolute Gasteiger partial charge is 0.325 e. The van der Waals surface area contributed by atoms with Crippen molar-refractivity contribution in [2.45, 2.75) is 20.3 Å². The van der Waals surface area contributed by atoms with Crippen LogP contribution in [0, 0.1) is 13.8 Å². The lowest BCUT2D eigenvalue weighted by Gasteiger charge is -2.09. The molecule has 0 saturated heterocycles. The van der Waals surface area contributed by atoms with Gasteiger partial charge in [-0.1, -0.05) is 6.07 Å². The Balaban J connectivity index is 1.64. The first-order valence-electron chi connectivity index (χ1n) is 8.50. The van der Waals surface area contributed by atoms with E-state index in [2.05, 4.69) is 16.0 Å². The summed E-state index contributed by atoms with van der Waals surface area (Å²) < 4.78 is 9.66. The predicted octanol–water partition coefficient (Wildman–Crippen LogP) is 1.91. The minimum Gasteiger partial charge on any atom is -0.459 e. The number of hydrogen-bond acceptors (Lipinski definition) is 6. The number of benzene rings is 1. The molecule has 9 heteroatoms. The Morgan fingerprint density at radius 1 is 1.07 bits per heavy atom. The van der Waals surface area contributed by atoms with E-state index in [0.717, 1.165) is 11.1 Å². The minimum atomic E-state index is -0.769. The molecule has 1 aromatic carbocycles. The van der Waals surface area contributed by atoms with Crippen molar-refractivity contribution in [3.05, 3.63) is 53.5 Å². The summed E-state index contributed by atoms with van der Waals surface area (Å²) in [6.07, 6.45) is 1.23. The highest BCUT2D eigenvalue weighted by atomic mass is 16.5. The fourth-order valence-electron chi connectivity index (χ4n) is 2.14. The van der Waals surface area contributed by atoms with Crippen molar-refractivity contribution in [2.75, 3.05) is 18.5 Å². The summed E-state index contributed by atoms with van der Waals surface area (Å²) >= 11 is 0. The van der Waals surface area contributed by atoms with Gasteiger partial charge in [-0.25, -0.2) is 4.79 Å². The van der Waals surface area contributed by atoms with Crippen molar-refractivity contribution in [3.8, 4) is 0 Å². The molecule has 0 radical (unpaired) electrons. The number of esters is 1. The second-order valence-electron chi connectivity index (χ2n) is 5.95. The topological polar surface area (TPSA) is 127 Å². The quantitative estimate of drug-likeness (QED) is 0.623. The predicted molar refractivity (Wildman–Crippen MR) is 99.7 cm³/mol. The van der Waals surface area contributed by atoms with Crippen LogP contribution in [0.3, 0.4) is 0 Å². The lowest BCUT2D eigenvalue weighted by molar-refractivity contribution is -0.148. The first-order chi connectivity index (χ1) is 13.3. The highest BCUT2D eigenvalue weighted by Gasteiger charge is 2.13. The van der Waals surface area contributed by atoms with Crippen LogP contribution in [-0.2, 0) is 14.3 Å². The van der Waals surface area contributed by atoms with Crippen LogP contribution in [0.5, 0.6) is 0 Å². The first kappa shape index (κ1) is 20.7. The molecule has 1 heterocycles. The van der Waals surface area contributed by atoms with E-state index in [1.165, 1.54) is 12.3 Å². The molecule has 2 rings (SSSR count). The number of carbonyl (C=O) groups excluding carboxylic acids is 4. The molecule has 0 unspecified atom stereocenters. The minimum absolute atomic E-state index is 0.0211. The lowest BCUT2D eigenvalue weighted by Crippen LogP contribution is -2.37. The van der Waals surface area contributed by atoms with Gasteiger partial charge in [0.25, 0.3) is 11.8 Å². The zero-order valence-electron chi connectivity index (χ0n) is 15.5. The highest BCUT2D eigenvalue weighted by Crippen LogP contribution is 2.13. The van der Waals surface area contributed by atoms with Crippen molar-refractivity contribution in [1.82, 2.24) is 10.6 Å². The van der Waals surface area contributed by atoms with Crippen LogP contribution in [0.2, 0.25) is 0 Å². The molecule has 9 nitrogen and oxygen atoms in total. The molecule has 0 bridgehead atoms. The fourth-order valence-corrected chi connectivity index (χ4v) is 2.14. The van der Waals surface area contributed by atoms with Crippen molar-refractivity contribution in [2.24, 2.45) is 0 Å². The summed E-state index contributed by atoms with van der Waals surface area (Å²) in [5.74, 6) is -1.79. The third-order valence-corrected chi connectivity index (χ3v) is 3.74. The van der Waals surface area contributed by atoms with Crippen molar-refractivity contribution in [1.29, 1.82) is 0 Å². The van der Waals surface area contributed by atoms with E-state index in [4.69, 9.17) is 9.15 Å². The number of imide groups is 1. The molecule has 4 amide bonds. The van der Waals surface area contributed by atoms with E-state index in [-0.39, 0.29) is 18.7 Å². The number of amides is 4. The molecule has 0 spiro atoms. The van der Waals surface area contributed by atoms with Gasteiger partial charge in [-0.3, -0.25) is 19.7 Å². The van der Waals surface area contributed by atoms with Crippen molar-refractivity contribution < 1.29 is 28.3 Å². The fraction of sp³-hybridized carbons (Fsp3) is 0.263. The number of urea groups is 1. The molecule has 3 N–H and O–H groups in total. The van der Waals surface area contributed by atoms with Crippen LogP contribution in [0.25, 0.3) is 0 Å². The molecule has 1 aromatic heterocycles. The molecular weight excluding hydrogens is 366 g/mol. The van der Waals surface area contributed by atoms with Gasteiger partial charge in [0, 0.05) is 12.2 Å². The van der Waals surface area contributed by atoms with Crippen molar-refractivity contribution >= 4 is 29.5 Å². The van der Waals surface area contributed by atoms with Gasteiger partial charge in [0.1, 0.15) is 0 Å². The SMILES string of the molecule is Cc1ccc(NC(=O)NC(=O)COC(=O)CCNC(=O)c2ccco2)cc1C. The van der Waals surface area contributed by atoms with E-state index >= 15 is 0 Å². The van der Waals surface area contributed by atoms with Crippen LogP contribution >= 0.6 is 0 Å². The van der Waals surface area contributed by atoms with E-state index in [1.54, 1.807) is 18.2 Å². The summed E-state index contributed by atoms with van der Waals surface area (Å²) in [6.45, 7) is 3.26. The van der Waals surface area contributed by atoms with E-state index in [0.29, 0.717) is 5.69 Å². The van der Waals surface area contributed by atoms with Gasteiger partial charge in [0.15, 0.2) is 12.4 Å². The molecule has 28 heavy (non-hydrogen) atoms. The second kappa shape index (κ2) is 9.91. The highest BCUT2D eigenvalue weighted by molar-refractivity contribution is 6.01. The summed E-state index contributed by atoms with van der Waals surface area (Å²) in [5, 5.41) is 7.06. The molecule has 0 aliphatic heterocycles. The van der Waals surface area contributed by atoms with Gasteiger partial charge >= 0.3 is 12.0 Å². The number of rotatable bonds is 7. The Bertz CT molecular complexity index is 861. The molecular formula is C19H21N3O6. The van der Waals surface area contributed by atoms with Crippen LogP contribution in [-0.4, -0.2) is 37.0 Å². The maximum Gasteiger partial charge on any atom is 0.325 e. The summed E-state index contributed by atoms with van der Waals surface area (Å²) in [6, 6.07) is 7.66. The van der Waals surface area contributed by atoms with E-state index in [1.807, 2.05) is 19.9 Å². The summed E-state index contributed by atoms with van der Waals surface area (Å²) in [4.78, 5) is 46.6. The van der Waals surface area contributed by atoms with Crippen LogP contribution in [0.15, 0.2) is 41.0 Å². The third kappa shape index (κ3) is 6.60. The summed E-state index contributed by atoms with van der Waals surface area (Å²) in [5.41, 5.74) is 2.61.